The van der Waals surface area contributed by atoms with E-state index in [0.717, 1.165) is 22.3 Å². The molecular formula is C44H49NO10. The number of ketones is 1. The van der Waals surface area contributed by atoms with Gasteiger partial charge in [0.2, 0.25) is 5.91 Å². The zero-order chi connectivity index (χ0) is 38.0. The molecule has 1 amide bonds. The van der Waals surface area contributed by atoms with Crippen LogP contribution in [0.3, 0.4) is 0 Å². The van der Waals surface area contributed by atoms with Crippen molar-refractivity contribution >= 4 is 11.7 Å². The normalized spacial score (nSPS) is 29.3. The minimum absolute atomic E-state index is 0.100. The number of benzene rings is 4. The average molecular weight is 752 g/mol. The smallest absolute Gasteiger partial charge is 0.217 e. The number of ether oxygens (including phenoxy) is 8. The molecule has 0 bridgehead atoms. The maximum absolute atomic E-state index is 14.7. The molecule has 1 aliphatic carbocycles. The van der Waals surface area contributed by atoms with Crippen molar-refractivity contribution in [3.8, 4) is 0 Å². The van der Waals surface area contributed by atoms with E-state index in [1.54, 1.807) is 0 Å². The fourth-order valence-corrected chi connectivity index (χ4v) is 7.51. The second kappa shape index (κ2) is 19.0. The first kappa shape index (κ1) is 39.0. The van der Waals surface area contributed by atoms with Gasteiger partial charge in [0.15, 0.2) is 18.4 Å². The van der Waals surface area contributed by atoms with E-state index in [1.807, 2.05) is 121 Å². The van der Waals surface area contributed by atoms with Gasteiger partial charge in [-0.1, -0.05) is 121 Å². The topological polar surface area (TPSA) is 120 Å². The Morgan fingerprint density at radius 2 is 1.33 bits per heavy atom. The summed E-state index contributed by atoms with van der Waals surface area (Å²) in [6.45, 7) is 2.61. The van der Waals surface area contributed by atoms with Crippen LogP contribution in [0.25, 0.3) is 0 Å². The summed E-state index contributed by atoms with van der Waals surface area (Å²) in [6.07, 6.45) is -6.09. The molecule has 2 saturated heterocycles. The Hall–Kier alpha value is -4.30. The van der Waals surface area contributed by atoms with Gasteiger partial charge in [-0.05, 0) is 23.1 Å². The van der Waals surface area contributed by atoms with E-state index in [0.29, 0.717) is 19.6 Å². The summed E-state index contributed by atoms with van der Waals surface area (Å²) in [7, 11) is 1.52. The molecule has 11 heteroatoms. The van der Waals surface area contributed by atoms with Crippen LogP contribution in [0.15, 0.2) is 121 Å². The molecule has 290 valence electrons. The maximum atomic E-state index is 14.7. The molecule has 0 spiro atoms. The molecule has 2 aliphatic heterocycles. The van der Waals surface area contributed by atoms with Crippen molar-refractivity contribution in [3.05, 3.63) is 144 Å². The monoisotopic (exact) mass is 751 g/mol. The first-order chi connectivity index (χ1) is 27.0. The Kier molecular flexibility index (Phi) is 13.5. The van der Waals surface area contributed by atoms with Crippen LogP contribution in [0, 0.1) is 5.92 Å². The van der Waals surface area contributed by atoms with E-state index >= 15 is 0 Å². The second-order valence-corrected chi connectivity index (χ2v) is 14.1. The number of fused-ring (bicyclic) bond motifs is 1. The highest BCUT2D eigenvalue weighted by atomic mass is 16.7. The highest BCUT2D eigenvalue weighted by Crippen LogP contribution is 2.40. The molecule has 11 nitrogen and oxygen atoms in total. The third-order valence-electron chi connectivity index (χ3n) is 10.2. The SMILES string of the molecule is CO[C@@H]1O[C@H](COCc2ccccc2)[C@@H](O[C@H]2C[C@@H]3CO[C@@H](c4ccccc4)O[C@H]3[C@H](OCc3ccccc3)C2=O)[C@H](OCc2ccccc2)[C@H]1NC(C)=O. The van der Waals surface area contributed by atoms with Gasteiger partial charge < -0.3 is 43.2 Å². The van der Waals surface area contributed by atoms with E-state index < -0.39 is 55.2 Å². The fourth-order valence-electron chi connectivity index (χ4n) is 7.51. The molecule has 0 aromatic heterocycles. The fraction of sp³-hybridized carbons (Fsp3) is 0.409. The van der Waals surface area contributed by atoms with Crippen LogP contribution in [-0.4, -0.2) is 81.0 Å². The van der Waals surface area contributed by atoms with Gasteiger partial charge in [0.25, 0.3) is 0 Å². The van der Waals surface area contributed by atoms with Crippen molar-refractivity contribution in [2.45, 2.75) is 88.4 Å². The minimum atomic E-state index is -0.946. The summed E-state index contributed by atoms with van der Waals surface area (Å²) < 4.78 is 51.4. The van der Waals surface area contributed by atoms with E-state index in [9.17, 15) is 9.59 Å². The van der Waals surface area contributed by atoms with Crippen LogP contribution in [0.1, 0.15) is 41.9 Å². The Morgan fingerprint density at radius 3 is 1.93 bits per heavy atom. The van der Waals surface area contributed by atoms with Gasteiger partial charge in [0.1, 0.15) is 36.6 Å². The lowest BCUT2D eigenvalue weighted by atomic mass is 9.80. The lowest BCUT2D eigenvalue weighted by Crippen LogP contribution is -2.67. The van der Waals surface area contributed by atoms with Gasteiger partial charge in [-0.2, -0.15) is 0 Å². The maximum Gasteiger partial charge on any atom is 0.217 e. The Morgan fingerprint density at radius 1 is 0.745 bits per heavy atom. The highest BCUT2D eigenvalue weighted by molar-refractivity contribution is 5.89. The molecule has 4 aromatic rings. The lowest BCUT2D eigenvalue weighted by molar-refractivity contribution is -0.300. The van der Waals surface area contributed by atoms with Crippen LogP contribution in [-0.2, 0) is 67.3 Å². The summed E-state index contributed by atoms with van der Waals surface area (Å²) in [5.41, 5.74) is 3.71. The van der Waals surface area contributed by atoms with Crippen LogP contribution < -0.4 is 5.32 Å². The van der Waals surface area contributed by atoms with E-state index in [2.05, 4.69) is 5.32 Å². The zero-order valence-corrected chi connectivity index (χ0v) is 31.1. The molecule has 1 saturated carbocycles. The van der Waals surface area contributed by atoms with Crippen molar-refractivity contribution in [1.82, 2.24) is 5.32 Å². The summed E-state index contributed by atoms with van der Waals surface area (Å²) in [4.78, 5) is 27.3. The third kappa shape index (κ3) is 9.93. The van der Waals surface area contributed by atoms with Crippen molar-refractivity contribution in [3.63, 3.8) is 0 Å². The lowest BCUT2D eigenvalue weighted by Gasteiger charge is -2.49. The van der Waals surface area contributed by atoms with Crippen LogP contribution in [0.5, 0.6) is 0 Å². The number of nitrogens with one attached hydrogen (secondary N) is 1. The molecule has 7 rings (SSSR count). The number of methoxy groups -OCH3 is 1. The molecule has 0 radical (unpaired) electrons. The zero-order valence-electron chi connectivity index (χ0n) is 31.1. The Bertz CT molecular complexity index is 1780. The highest BCUT2D eigenvalue weighted by Gasteiger charge is 2.54. The number of hydrogen-bond acceptors (Lipinski definition) is 10. The van der Waals surface area contributed by atoms with Crippen LogP contribution in [0.4, 0.5) is 0 Å². The van der Waals surface area contributed by atoms with E-state index in [-0.39, 0.29) is 37.4 Å². The predicted octanol–water partition coefficient (Wildman–Crippen LogP) is 5.71. The van der Waals surface area contributed by atoms with E-state index in [4.69, 9.17) is 37.9 Å². The number of hydrogen-bond donors (Lipinski definition) is 1. The molecule has 1 N–H and O–H groups in total. The van der Waals surface area contributed by atoms with Crippen LogP contribution in [0.2, 0.25) is 0 Å². The molecule has 4 aromatic carbocycles. The second-order valence-electron chi connectivity index (χ2n) is 14.1. The Labute approximate surface area is 322 Å². The van der Waals surface area contributed by atoms with Gasteiger partial charge in [-0.15, -0.1) is 0 Å². The van der Waals surface area contributed by atoms with Gasteiger partial charge >= 0.3 is 0 Å². The number of Topliss-reactive ketones (excluding diaryl/α,β-unsaturated/α-hetero) is 1. The predicted molar refractivity (Wildman–Crippen MR) is 201 cm³/mol. The van der Waals surface area contributed by atoms with Crippen LogP contribution >= 0.6 is 0 Å². The number of carbonyl (C=O) groups excluding carboxylic acids is 2. The number of rotatable bonds is 15. The molecule has 3 fully saturated rings. The minimum Gasteiger partial charge on any atom is -0.374 e. The Balaban J connectivity index is 1.18. The third-order valence-corrected chi connectivity index (χ3v) is 10.2. The number of carbonyl (C=O) groups is 2. The van der Waals surface area contributed by atoms with Gasteiger partial charge in [0.05, 0.1) is 39.1 Å². The quantitative estimate of drug-likeness (QED) is 0.162. The molecular weight excluding hydrogens is 702 g/mol. The summed E-state index contributed by atoms with van der Waals surface area (Å²) in [5, 5.41) is 2.98. The first-order valence-electron chi connectivity index (χ1n) is 18.9. The van der Waals surface area contributed by atoms with Crippen molar-refractivity contribution in [1.29, 1.82) is 0 Å². The largest absolute Gasteiger partial charge is 0.374 e. The average Bonchev–Trinajstić information content (AvgIpc) is 3.22. The van der Waals surface area contributed by atoms with E-state index in [1.165, 1.54) is 14.0 Å². The molecule has 0 unspecified atom stereocenters. The molecule has 10 atom stereocenters. The van der Waals surface area contributed by atoms with Crippen molar-refractivity contribution in [2.75, 3.05) is 20.3 Å². The van der Waals surface area contributed by atoms with Crippen molar-refractivity contribution in [2.24, 2.45) is 5.92 Å². The first-order valence-corrected chi connectivity index (χ1v) is 18.9. The van der Waals surface area contributed by atoms with Gasteiger partial charge in [-0.3, -0.25) is 9.59 Å². The van der Waals surface area contributed by atoms with Gasteiger partial charge in [0, 0.05) is 25.5 Å². The molecule has 2 heterocycles. The summed E-state index contributed by atoms with van der Waals surface area (Å²) in [6, 6.07) is 38.2. The number of amides is 1. The standard InChI is InChI=1S/C44H49NO10/c1-29(46)45-37-41(50-25-31-17-9-4-10-18-31)40(36(54-44(37)48-2)28-49-24-30-15-7-3-8-16-30)53-35-23-34-27-52-43(33-21-13-6-14-22-33)55-39(34)42(38(35)47)51-26-32-19-11-5-12-20-32/h3-22,34-37,39-44H,23-28H2,1-2H3,(H,45,46)/t34-,35+,36-,37-,39-,40-,41-,42-,43-,44-/m1/s1. The van der Waals surface area contributed by atoms with Crippen molar-refractivity contribution < 1.29 is 47.5 Å². The summed E-state index contributed by atoms with van der Waals surface area (Å²) >= 11 is 0. The summed E-state index contributed by atoms with van der Waals surface area (Å²) in [5.74, 6) is -0.763. The van der Waals surface area contributed by atoms with Gasteiger partial charge in [-0.25, -0.2) is 0 Å². The molecule has 3 aliphatic rings. The molecule has 55 heavy (non-hydrogen) atoms.